The Morgan fingerprint density at radius 2 is 0.342 bits per heavy atom. The fourth-order valence-electron chi connectivity index (χ4n) is 1.06. The van der Waals surface area contributed by atoms with E-state index in [1.807, 2.05) is 0 Å². The zero-order valence-electron chi connectivity index (χ0n) is 19.0. The summed E-state index contributed by atoms with van der Waals surface area (Å²) in [6.07, 6.45) is 4.93. The SMILES string of the molecule is C#CC#CC#CC#CC#CC#CC#CC#CC#CC#CC#CC#CC#CC#CC#CC#CC#CC#CC#N. The summed E-state index contributed by atoms with van der Waals surface area (Å²) in [5.41, 5.74) is 0. The second-order valence-electron chi connectivity index (χ2n) is 4.51. The van der Waals surface area contributed by atoms with Crippen molar-refractivity contribution < 1.29 is 0 Å². The second-order valence-corrected chi connectivity index (χ2v) is 4.51. The topological polar surface area (TPSA) is 23.8 Å². The lowest BCUT2D eigenvalue weighted by molar-refractivity contribution is 1.55. The van der Waals surface area contributed by atoms with Crippen LogP contribution in [-0.2, 0) is 0 Å². The molecule has 0 N–H and O–H groups in total. The van der Waals surface area contributed by atoms with Crippen molar-refractivity contribution in [3.63, 3.8) is 0 Å². The molecule has 0 bridgehead atoms. The highest BCUT2D eigenvalue weighted by Crippen LogP contribution is 1.60. The lowest BCUT2D eigenvalue weighted by Gasteiger charge is -1.57. The summed E-state index contributed by atoms with van der Waals surface area (Å²) in [5, 5.41) is 8.17. The molecule has 0 aromatic carbocycles. The zero-order valence-corrected chi connectivity index (χ0v) is 19.0. The number of nitrogens with zero attached hydrogens (tertiary/aromatic N) is 1. The molecule has 0 atom stereocenters. The van der Waals surface area contributed by atoms with Gasteiger partial charge in [0.25, 0.3) is 0 Å². The smallest absolute Gasteiger partial charge is 0.153 e. The maximum Gasteiger partial charge on any atom is 0.153 e. The first-order valence-electron chi connectivity index (χ1n) is 9.26. The molecule has 0 saturated carbocycles. The molecule has 0 aromatic heterocycles. The number of terminal acetylenes is 1. The van der Waals surface area contributed by atoms with Gasteiger partial charge in [-0.15, -0.1) is 6.42 Å². The van der Waals surface area contributed by atoms with E-state index >= 15 is 0 Å². The van der Waals surface area contributed by atoms with E-state index < -0.39 is 0 Å². The Labute approximate surface area is 224 Å². The van der Waals surface area contributed by atoms with Crippen LogP contribution in [0.25, 0.3) is 0 Å². The lowest BCUT2D eigenvalue weighted by atomic mass is 10.4. The number of rotatable bonds is 0. The monoisotopic (exact) mass is 459 g/mol. The highest BCUT2D eigenvalue weighted by molar-refractivity contribution is 5.49. The molecule has 1 heteroatoms. The number of hydrogen-bond donors (Lipinski definition) is 0. The highest BCUT2D eigenvalue weighted by Gasteiger charge is 1.60. The molecule has 1 nitrogen and oxygen atoms in total. The molecule has 0 unspecified atom stereocenters. The Balaban J connectivity index is 4.51. The van der Waals surface area contributed by atoms with E-state index in [9.17, 15) is 0 Å². The van der Waals surface area contributed by atoms with Gasteiger partial charge in [-0.25, -0.2) is 0 Å². The number of hydrogen-bond acceptors (Lipinski definition) is 1. The van der Waals surface area contributed by atoms with Crippen LogP contribution in [0, 0.1) is 225 Å². The molecular weight excluding hydrogens is 458 g/mol. The van der Waals surface area contributed by atoms with Gasteiger partial charge in [0.2, 0.25) is 0 Å². The third-order valence-corrected chi connectivity index (χ3v) is 2.19. The fourth-order valence-corrected chi connectivity index (χ4v) is 1.06. The summed E-state index contributed by atoms with van der Waals surface area (Å²) in [6.45, 7) is 0. The van der Waals surface area contributed by atoms with Crippen molar-refractivity contribution in [2.75, 3.05) is 0 Å². The van der Waals surface area contributed by atoms with Gasteiger partial charge in [0.05, 0.1) is 0 Å². The Kier molecular flexibility index (Phi) is 22.2. The van der Waals surface area contributed by atoms with Crippen LogP contribution in [-0.4, -0.2) is 0 Å². The van der Waals surface area contributed by atoms with E-state index in [1.165, 1.54) is 0 Å². The minimum atomic E-state index is 1.62. The molecule has 0 aliphatic rings. The third-order valence-electron chi connectivity index (χ3n) is 2.19. The van der Waals surface area contributed by atoms with E-state index in [4.69, 9.17) is 11.7 Å². The summed E-state index contributed by atoms with van der Waals surface area (Å²) in [4.78, 5) is 0. The molecule has 0 spiro atoms. The molecular formula is C37HN. The molecule has 0 rings (SSSR count). The average Bonchev–Trinajstić information content (AvgIpc) is 2.93. The molecule has 38 heavy (non-hydrogen) atoms. The van der Waals surface area contributed by atoms with Crippen molar-refractivity contribution in [3.8, 4) is 220 Å². The first-order chi connectivity index (χ1) is 18.9. The van der Waals surface area contributed by atoms with E-state index in [-0.39, 0.29) is 0 Å². The van der Waals surface area contributed by atoms with Gasteiger partial charge >= 0.3 is 0 Å². The van der Waals surface area contributed by atoms with Crippen molar-refractivity contribution in [2.45, 2.75) is 0 Å². The van der Waals surface area contributed by atoms with Gasteiger partial charge in [0.15, 0.2) is 6.07 Å². The van der Waals surface area contributed by atoms with E-state index in [0.717, 1.165) is 0 Å². The average molecular weight is 459 g/mol. The summed E-state index contributed by atoms with van der Waals surface area (Å²) >= 11 is 0. The van der Waals surface area contributed by atoms with Crippen LogP contribution in [0.3, 0.4) is 0 Å². The largest absolute Gasteiger partial charge is 0.183 e. The number of nitriles is 1. The van der Waals surface area contributed by atoms with E-state index in [0.29, 0.717) is 0 Å². The van der Waals surface area contributed by atoms with Crippen LogP contribution >= 0.6 is 0 Å². The molecule has 0 heterocycles. The Hall–Kier alpha value is -8.43. The molecule has 0 fully saturated rings. The van der Waals surface area contributed by atoms with Crippen LogP contribution in [0.15, 0.2) is 0 Å². The third kappa shape index (κ3) is 27.6. The minimum absolute atomic E-state index is 1.62. The standard InChI is InChI=1S/C37HN/c1-2-3-4-5-6-7-8-9-10-11-12-13-14-15-16-17-18-19-20-21-22-23-24-25-26-27-28-29-30-31-32-33-34-35-36-37-38/h1H. The molecule has 0 saturated heterocycles. The normalized spacial score (nSPS) is 3.84. The summed E-state index contributed by atoms with van der Waals surface area (Å²) < 4.78 is 0. The van der Waals surface area contributed by atoms with Crippen LogP contribution in [0.2, 0.25) is 0 Å². The summed E-state index contributed by atoms with van der Waals surface area (Å²) in [6, 6.07) is 1.62. The van der Waals surface area contributed by atoms with Gasteiger partial charge in [-0.3, -0.25) is 0 Å². The molecule has 154 valence electrons. The Morgan fingerprint density at radius 1 is 0.211 bits per heavy atom. The van der Waals surface area contributed by atoms with Crippen molar-refractivity contribution >= 4 is 0 Å². The van der Waals surface area contributed by atoms with Crippen LogP contribution in [0.1, 0.15) is 0 Å². The maximum absolute atomic E-state index is 8.17. The summed E-state index contributed by atoms with van der Waals surface area (Å²) in [5.74, 6) is 85.3. The Bertz CT molecular complexity index is 2010. The summed E-state index contributed by atoms with van der Waals surface area (Å²) in [7, 11) is 0. The highest BCUT2D eigenvalue weighted by atomic mass is 14.2. The van der Waals surface area contributed by atoms with Crippen LogP contribution in [0.4, 0.5) is 0 Å². The van der Waals surface area contributed by atoms with Gasteiger partial charge < -0.3 is 0 Å². The van der Waals surface area contributed by atoms with Crippen molar-refractivity contribution in [1.29, 1.82) is 5.26 Å². The van der Waals surface area contributed by atoms with Crippen LogP contribution in [0.5, 0.6) is 0 Å². The predicted octanol–water partition coefficient (Wildman–Crippen LogP) is 0.201. The van der Waals surface area contributed by atoms with E-state index in [2.05, 4.69) is 207 Å². The fraction of sp³-hybridized carbons (Fsp3) is 0. The van der Waals surface area contributed by atoms with Crippen LogP contribution < -0.4 is 0 Å². The first kappa shape index (κ1) is 29.6. The van der Waals surface area contributed by atoms with Gasteiger partial charge in [-0.2, -0.15) is 5.26 Å². The molecule has 0 aromatic rings. The van der Waals surface area contributed by atoms with Crippen molar-refractivity contribution in [1.82, 2.24) is 0 Å². The van der Waals surface area contributed by atoms with Crippen molar-refractivity contribution in [2.24, 2.45) is 0 Å². The minimum Gasteiger partial charge on any atom is -0.183 e. The predicted molar refractivity (Wildman–Crippen MR) is 147 cm³/mol. The lowest BCUT2D eigenvalue weighted by Crippen LogP contribution is -1.57. The first-order valence-corrected chi connectivity index (χ1v) is 9.26. The molecule has 0 radical (unpaired) electrons. The van der Waals surface area contributed by atoms with E-state index in [1.54, 1.807) is 6.07 Å². The van der Waals surface area contributed by atoms with Crippen molar-refractivity contribution in [3.05, 3.63) is 0 Å². The molecule has 0 amide bonds. The second kappa shape index (κ2) is 28.6. The molecule has 0 aliphatic heterocycles. The zero-order chi connectivity index (χ0) is 27.5. The molecule has 0 aliphatic carbocycles. The quantitative estimate of drug-likeness (QED) is 0.475. The van der Waals surface area contributed by atoms with Gasteiger partial charge in [-0.1, -0.05) is 0 Å². The van der Waals surface area contributed by atoms with Gasteiger partial charge in [-0.05, 0) is 47.4 Å². The maximum atomic E-state index is 8.17. The Morgan fingerprint density at radius 3 is 0.474 bits per heavy atom. The van der Waals surface area contributed by atoms with Gasteiger partial charge in [0, 0.05) is 160 Å². The van der Waals surface area contributed by atoms with Gasteiger partial charge in [0.1, 0.15) is 0 Å².